The van der Waals surface area contributed by atoms with Gasteiger partial charge in [-0.05, 0) is 13.0 Å². The summed E-state index contributed by atoms with van der Waals surface area (Å²) in [6.45, 7) is 2.33. The normalized spacial score (nSPS) is 9.93. The number of aliphatic hydroxyl groups is 1. The number of rotatable bonds is 4. The molecular weight excluding hydrogens is 182 g/mol. The molecule has 0 atom stereocenters. The lowest BCUT2D eigenvalue weighted by Gasteiger charge is -2.12. The Morgan fingerprint density at radius 1 is 1.36 bits per heavy atom. The van der Waals surface area contributed by atoms with Crippen LogP contribution in [-0.2, 0) is 6.61 Å². The van der Waals surface area contributed by atoms with Crippen molar-refractivity contribution in [2.75, 3.05) is 19.5 Å². The molecule has 0 aliphatic carbocycles. The van der Waals surface area contributed by atoms with Crippen LogP contribution in [0.3, 0.4) is 0 Å². The molecule has 0 amide bonds. The zero-order valence-electron chi connectivity index (χ0n) is 8.41. The van der Waals surface area contributed by atoms with Gasteiger partial charge in [0.15, 0.2) is 11.5 Å². The van der Waals surface area contributed by atoms with E-state index in [-0.39, 0.29) is 6.61 Å². The van der Waals surface area contributed by atoms with E-state index in [9.17, 15) is 0 Å². The summed E-state index contributed by atoms with van der Waals surface area (Å²) in [5.41, 5.74) is 6.83. The van der Waals surface area contributed by atoms with E-state index in [0.29, 0.717) is 29.4 Å². The monoisotopic (exact) mass is 197 g/mol. The van der Waals surface area contributed by atoms with Gasteiger partial charge in [-0.3, -0.25) is 0 Å². The van der Waals surface area contributed by atoms with Gasteiger partial charge in [-0.15, -0.1) is 0 Å². The number of anilines is 1. The van der Waals surface area contributed by atoms with E-state index in [1.807, 2.05) is 6.92 Å². The fourth-order valence-electron chi connectivity index (χ4n) is 1.18. The Balaban J connectivity index is 3.11. The van der Waals surface area contributed by atoms with Crippen LogP contribution >= 0.6 is 0 Å². The number of aliphatic hydroxyl groups excluding tert-OH is 1. The highest BCUT2D eigenvalue weighted by molar-refractivity contribution is 5.57. The van der Waals surface area contributed by atoms with E-state index in [2.05, 4.69) is 0 Å². The Hall–Kier alpha value is -1.42. The summed E-state index contributed by atoms with van der Waals surface area (Å²) in [6, 6.07) is 3.34. The fourth-order valence-corrected chi connectivity index (χ4v) is 1.18. The van der Waals surface area contributed by atoms with E-state index >= 15 is 0 Å². The smallest absolute Gasteiger partial charge is 0.162 e. The van der Waals surface area contributed by atoms with Crippen LogP contribution in [0.15, 0.2) is 12.1 Å². The topological polar surface area (TPSA) is 64.7 Å². The van der Waals surface area contributed by atoms with E-state index in [4.69, 9.17) is 20.3 Å². The molecule has 4 nitrogen and oxygen atoms in total. The average molecular weight is 197 g/mol. The van der Waals surface area contributed by atoms with Crippen molar-refractivity contribution in [3.05, 3.63) is 17.7 Å². The Bertz CT molecular complexity index is 312. The van der Waals surface area contributed by atoms with Gasteiger partial charge in [-0.25, -0.2) is 0 Å². The number of hydrogen-bond donors (Lipinski definition) is 2. The Morgan fingerprint density at radius 2 is 2.07 bits per heavy atom. The third kappa shape index (κ3) is 2.09. The molecule has 78 valence electrons. The molecule has 0 fully saturated rings. The molecule has 3 N–H and O–H groups in total. The summed E-state index contributed by atoms with van der Waals surface area (Å²) in [7, 11) is 1.55. The predicted octanol–water partition coefficient (Wildman–Crippen LogP) is 1.17. The minimum Gasteiger partial charge on any atom is -0.493 e. The van der Waals surface area contributed by atoms with E-state index in [1.165, 1.54) is 0 Å². The quantitative estimate of drug-likeness (QED) is 0.711. The third-order valence-electron chi connectivity index (χ3n) is 1.90. The molecule has 0 unspecified atom stereocenters. The van der Waals surface area contributed by atoms with Crippen molar-refractivity contribution in [3.8, 4) is 11.5 Å². The molecule has 0 saturated heterocycles. The van der Waals surface area contributed by atoms with Crippen molar-refractivity contribution >= 4 is 5.69 Å². The molecular formula is C10H15NO3. The van der Waals surface area contributed by atoms with Crippen molar-refractivity contribution in [3.63, 3.8) is 0 Å². The Labute approximate surface area is 83.3 Å². The van der Waals surface area contributed by atoms with Crippen LogP contribution in [0.2, 0.25) is 0 Å². The molecule has 0 aliphatic rings. The molecule has 14 heavy (non-hydrogen) atoms. The molecule has 4 heteroatoms. The lowest BCUT2D eigenvalue weighted by Crippen LogP contribution is -2.00. The van der Waals surface area contributed by atoms with Gasteiger partial charge in [-0.2, -0.15) is 0 Å². The van der Waals surface area contributed by atoms with Crippen LogP contribution in [0.1, 0.15) is 12.5 Å². The second kappa shape index (κ2) is 4.72. The van der Waals surface area contributed by atoms with Crippen LogP contribution in [-0.4, -0.2) is 18.8 Å². The Kier molecular flexibility index (Phi) is 3.59. The summed E-state index contributed by atoms with van der Waals surface area (Å²) in [6.07, 6.45) is 0. The van der Waals surface area contributed by atoms with E-state index in [0.717, 1.165) is 0 Å². The lowest BCUT2D eigenvalue weighted by atomic mass is 10.1. The molecule has 0 saturated carbocycles. The third-order valence-corrected chi connectivity index (χ3v) is 1.90. The molecule has 1 aromatic carbocycles. The fraction of sp³-hybridized carbons (Fsp3) is 0.400. The summed E-state index contributed by atoms with van der Waals surface area (Å²) in [5.74, 6) is 1.19. The first-order valence-corrected chi connectivity index (χ1v) is 4.43. The minimum atomic E-state index is -0.101. The first-order valence-electron chi connectivity index (χ1n) is 4.43. The number of ether oxygens (including phenoxy) is 2. The zero-order valence-corrected chi connectivity index (χ0v) is 8.41. The molecule has 0 heterocycles. The van der Waals surface area contributed by atoms with Gasteiger partial charge in [-0.1, -0.05) is 0 Å². The van der Waals surface area contributed by atoms with E-state index in [1.54, 1.807) is 19.2 Å². The molecule has 0 spiro atoms. The second-order valence-corrected chi connectivity index (χ2v) is 2.79. The van der Waals surface area contributed by atoms with Crippen molar-refractivity contribution < 1.29 is 14.6 Å². The molecule has 0 radical (unpaired) electrons. The first-order chi connectivity index (χ1) is 6.72. The standard InChI is InChI=1S/C10H15NO3/c1-3-14-10-4-7(6-12)8(11)5-9(10)13-2/h4-5,12H,3,6,11H2,1-2H3. The van der Waals surface area contributed by atoms with E-state index < -0.39 is 0 Å². The van der Waals surface area contributed by atoms with Crippen molar-refractivity contribution in [1.29, 1.82) is 0 Å². The SMILES string of the molecule is CCOc1cc(CO)c(N)cc1OC. The highest BCUT2D eigenvalue weighted by Gasteiger charge is 2.08. The van der Waals surface area contributed by atoms with Crippen LogP contribution in [0.4, 0.5) is 5.69 Å². The number of nitrogens with two attached hydrogens (primary N) is 1. The highest BCUT2D eigenvalue weighted by atomic mass is 16.5. The number of methoxy groups -OCH3 is 1. The molecule has 0 aliphatic heterocycles. The van der Waals surface area contributed by atoms with Crippen molar-refractivity contribution in [2.45, 2.75) is 13.5 Å². The maximum absolute atomic E-state index is 9.00. The summed E-state index contributed by atoms with van der Waals surface area (Å²) in [5, 5.41) is 9.00. The maximum atomic E-state index is 9.00. The summed E-state index contributed by atoms with van der Waals surface area (Å²) >= 11 is 0. The van der Waals surface area contributed by atoms with Gasteiger partial charge < -0.3 is 20.3 Å². The highest BCUT2D eigenvalue weighted by Crippen LogP contribution is 2.32. The molecule has 0 aromatic heterocycles. The summed E-state index contributed by atoms with van der Waals surface area (Å²) < 4.78 is 10.4. The lowest BCUT2D eigenvalue weighted by molar-refractivity contribution is 0.278. The van der Waals surface area contributed by atoms with Crippen molar-refractivity contribution in [1.82, 2.24) is 0 Å². The van der Waals surface area contributed by atoms with Crippen molar-refractivity contribution in [2.24, 2.45) is 0 Å². The largest absolute Gasteiger partial charge is 0.493 e. The van der Waals surface area contributed by atoms with Crippen LogP contribution < -0.4 is 15.2 Å². The van der Waals surface area contributed by atoms with Crippen LogP contribution in [0, 0.1) is 0 Å². The predicted molar refractivity (Wildman–Crippen MR) is 54.5 cm³/mol. The molecule has 1 rings (SSSR count). The molecule has 0 bridgehead atoms. The van der Waals surface area contributed by atoms with Gasteiger partial charge in [0.2, 0.25) is 0 Å². The molecule has 1 aromatic rings. The number of benzene rings is 1. The minimum absolute atomic E-state index is 0.101. The van der Waals surface area contributed by atoms with Crippen LogP contribution in [0.5, 0.6) is 11.5 Å². The summed E-state index contributed by atoms with van der Waals surface area (Å²) in [4.78, 5) is 0. The van der Waals surface area contributed by atoms with Gasteiger partial charge in [0.05, 0.1) is 20.3 Å². The van der Waals surface area contributed by atoms with Crippen LogP contribution in [0.25, 0.3) is 0 Å². The Morgan fingerprint density at radius 3 is 2.57 bits per heavy atom. The van der Waals surface area contributed by atoms with Gasteiger partial charge in [0.25, 0.3) is 0 Å². The van der Waals surface area contributed by atoms with Gasteiger partial charge in [0, 0.05) is 17.3 Å². The number of hydrogen-bond acceptors (Lipinski definition) is 4. The number of nitrogen functional groups attached to an aromatic ring is 1. The first kappa shape index (κ1) is 10.7. The second-order valence-electron chi connectivity index (χ2n) is 2.79. The zero-order chi connectivity index (χ0) is 10.6. The maximum Gasteiger partial charge on any atom is 0.162 e. The van der Waals surface area contributed by atoms with Gasteiger partial charge in [0.1, 0.15) is 0 Å². The van der Waals surface area contributed by atoms with Gasteiger partial charge >= 0.3 is 0 Å². The average Bonchev–Trinajstić information content (AvgIpc) is 2.20.